The van der Waals surface area contributed by atoms with Gasteiger partial charge in [-0.2, -0.15) is 5.10 Å². The molecule has 0 spiro atoms. The average molecular weight is 269 g/mol. The number of anilines is 1. The third-order valence-corrected chi connectivity index (χ3v) is 2.68. The molecule has 0 fully saturated rings. The topological polar surface area (TPSA) is 67.2 Å². The van der Waals surface area contributed by atoms with E-state index < -0.39 is 0 Å². The lowest BCUT2D eigenvalue weighted by Crippen LogP contribution is -2.13. The van der Waals surface area contributed by atoms with Crippen LogP contribution < -0.4 is 5.32 Å². The number of nitrogens with one attached hydrogen (secondary N) is 1. The Morgan fingerprint density at radius 1 is 1.50 bits per heavy atom. The van der Waals surface area contributed by atoms with Crippen LogP contribution in [-0.4, -0.2) is 27.4 Å². The van der Waals surface area contributed by atoms with E-state index in [9.17, 15) is 4.79 Å². The highest BCUT2D eigenvalue weighted by Gasteiger charge is 2.11. The zero-order chi connectivity index (χ0) is 14.5. The minimum Gasteiger partial charge on any atom is -0.384 e. The number of amides is 1. The molecule has 1 aromatic carbocycles. The fraction of sp³-hybridized carbons (Fsp3) is 0.200. The summed E-state index contributed by atoms with van der Waals surface area (Å²) in [4.78, 5) is 12.2. The number of aromatic nitrogens is 2. The van der Waals surface area contributed by atoms with Crippen molar-refractivity contribution in [2.24, 2.45) is 7.05 Å². The molecule has 0 atom stereocenters. The number of hydrogen-bond acceptors (Lipinski definition) is 3. The summed E-state index contributed by atoms with van der Waals surface area (Å²) < 4.78 is 1.61. The first-order valence-corrected chi connectivity index (χ1v) is 6.10. The molecule has 0 saturated carbocycles. The zero-order valence-corrected chi connectivity index (χ0v) is 11.3. The maximum absolute atomic E-state index is 12.2. The average Bonchev–Trinajstić information content (AvgIpc) is 2.81. The van der Waals surface area contributed by atoms with Crippen LogP contribution in [0.3, 0.4) is 0 Å². The molecule has 0 aliphatic heterocycles. The van der Waals surface area contributed by atoms with Gasteiger partial charge in [-0.1, -0.05) is 17.9 Å². The van der Waals surface area contributed by atoms with Crippen LogP contribution in [-0.2, 0) is 7.05 Å². The van der Waals surface area contributed by atoms with Crippen LogP contribution in [0.15, 0.2) is 30.6 Å². The number of aliphatic hydroxyl groups is 1. The summed E-state index contributed by atoms with van der Waals surface area (Å²) in [6, 6.07) is 5.39. The number of benzene rings is 1. The molecule has 2 aromatic rings. The first kappa shape index (κ1) is 13.8. The molecular formula is C15H15N3O2. The van der Waals surface area contributed by atoms with Crippen molar-refractivity contribution in [3.05, 3.63) is 47.3 Å². The Morgan fingerprint density at radius 2 is 2.30 bits per heavy atom. The van der Waals surface area contributed by atoms with Crippen molar-refractivity contribution < 1.29 is 9.90 Å². The normalized spacial score (nSPS) is 9.75. The van der Waals surface area contributed by atoms with Crippen molar-refractivity contribution in [3.63, 3.8) is 0 Å². The van der Waals surface area contributed by atoms with E-state index in [1.807, 2.05) is 19.1 Å². The van der Waals surface area contributed by atoms with Gasteiger partial charge in [0.25, 0.3) is 5.91 Å². The number of rotatable bonds is 2. The van der Waals surface area contributed by atoms with Crippen LogP contribution >= 0.6 is 0 Å². The molecule has 0 unspecified atom stereocenters. The highest BCUT2D eigenvalue weighted by molar-refractivity contribution is 6.05. The highest BCUT2D eigenvalue weighted by Crippen LogP contribution is 2.13. The number of aliphatic hydroxyl groups excluding tert-OH is 1. The Hall–Kier alpha value is -2.58. The number of carbonyl (C=O) groups excluding carboxylic acids is 1. The summed E-state index contributed by atoms with van der Waals surface area (Å²) >= 11 is 0. The first-order chi connectivity index (χ1) is 9.60. The highest BCUT2D eigenvalue weighted by atomic mass is 16.2. The van der Waals surface area contributed by atoms with Crippen molar-refractivity contribution in [1.82, 2.24) is 9.78 Å². The largest absolute Gasteiger partial charge is 0.384 e. The maximum Gasteiger partial charge on any atom is 0.257 e. The van der Waals surface area contributed by atoms with Gasteiger partial charge in [-0.3, -0.25) is 9.48 Å². The van der Waals surface area contributed by atoms with Crippen LogP contribution in [0, 0.1) is 18.8 Å². The second-order valence-corrected chi connectivity index (χ2v) is 4.37. The minimum absolute atomic E-state index is 0.238. The molecule has 0 aliphatic carbocycles. The predicted octanol–water partition coefficient (Wildman–Crippen LogP) is 1.32. The number of aryl methyl sites for hydroxylation is 2. The van der Waals surface area contributed by atoms with Crippen LogP contribution in [0.25, 0.3) is 0 Å². The fourth-order valence-electron chi connectivity index (χ4n) is 1.78. The van der Waals surface area contributed by atoms with Gasteiger partial charge in [-0.25, -0.2) is 0 Å². The summed E-state index contributed by atoms with van der Waals surface area (Å²) in [5.74, 6) is 5.11. The number of nitrogens with zero attached hydrogens (tertiary/aromatic N) is 2. The minimum atomic E-state index is -0.250. The monoisotopic (exact) mass is 269 g/mol. The van der Waals surface area contributed by atoms with Gasteiger partial charge in [0, 0.05) is 18.8 Å². The van der Waals surface area contributed by atoms with Gasteiger partial charge in [-0.15, -0.1) is 0 Å². The van der Waals surface area contributed by atoms with Crippen molar-refractivity contribution in [3.8, 4) is 11.8 Å². The zero-order valence-electron chi connectivity index (χ0n) is 11.3. The fourth-order valence-corrected chi connectivity index (χ4v) is 1.78. The predicted molar refractivity (Wildman–Crippen MR) is 76.3 cm³/mol. The van der Waals surface area contributed by atoms with E-state index in [1.165, 1.54) is 0 Å². The van der Waals surface area contributed by atoms with E-state index in [-0.39, 0.29) is 12.5 Å². The third-order valence-electron chi connectivity index (χ3n) is 2.68. The van der Waals surface area contributed by atoms with E-state index in [1.54, 1.807) is 30.2 Å². The standard InChI is InChI=1S/C15H15N3O2/c1-11-5-6-14(12(8-11)4-3-7-19)15(20)17-13-9-16-18(2)10-13/h5-6,8-10,19H,7H2,1-2H3,(H,17,20). The lowest BCUT2D eigenvalue weighted by atomic mass is 10.0. The second kappa shape index (κ2) is 6.04. The van der Waals surface area contributed by atoms with Crippen LogP contribution in [0.4, 0.5) is 5.69 Å². The van der Waals surface area contributed by atoms with Gasteiger partial charge in [0.1, 0.15) is 6.61 Å². The van der Waals surface area contributed by atoms with Crippen molar-refractivity contribution >= 4 is 11.6 Å². The number of hydrogen-bond donors (Lipinski definition) is 2. The van der Waals surface area contributed by atoms with Crippen molar-refractivity contribution in [1.29, 1.82) is 0 Å². The summed E-state index contributed by atoms with van der Waals surface area (Å²) in [7, 11) is 1.78. The summed E-state index contributed by atoms with van der Waals surface area (Å²) in [5.41, 5.74) is 2.70. The second-order valence-electron chi connectivity index (χ2n) is 4.37. The molecule has 1 amide bonds. The van der Waals surface area contributed by atoms with Gasteiger partial charge >= 0.3 is 0 Å². The lowest BCUT2D eigenvalue weighted by Gasteiger charge is -2.06. The van der Waals surface area contributed by atoms with Gasteiger partial charge in [0.15, 0.2) is 0 Å². The Kier molecular flexibility index (Phi) is 4.18. The van der Waals surface area contributed by atoms with Crippen LogP contribution in [0.1, 0.15) is 21.5 Å². The molecule has 1 heterocycles. The molecular weight excluding hydrogens is 254 g/mol. The molecule has 2 rings (SSSR count). The molecule has 0 bridgehead atoms. The molecule has 2 N–H and O–H groups in total. The van der Waals surface area contributed by atoms with Crippen molar-refractivity contribution in [2.45, 2.75) is 6.92 Å². The molecule has 20 heavy (non-hydrogen) atoms. The Balaban J connectivity index is 2.29. The quantitative estimate of drug-likeness (QED) is 0.808. The SMILES string of the molecule is Cc1ccc(C(=O)Nc2cnn(C)c2)c(C#CCO)c1. The first-order valence-electron chi connectivity index (χ1n) is 6.10. The Morgan fingerprint density at radius 3 is 2.95 bits per heavy atom. The maximum atomic E-state index is 12.2. The Labute approximate surface area is 117 Å². The van der Waals surface area contributed by atoms with E-state index in [2.05, 4.69) is 22.3 Å². The van der Waals surface area contributed by atoms with E-state index in [0.717, 1.165) is 5.56 Å². The van der Waals surface area contributed by atoms with Crippen LogP contribution in [0.5, 0.6) is 0 Å². The lowest BCUT2D eigenvalue weighted by molar-refractivity contribution is 0.102. The molecule has 1 aromatic heterocycles. The molecule has 102 valence electrons. The van der Waals surface area contributed by atoms with Gasteiger partial charge in [0.05, 0.1) is 17.4 Å². The summed E-state index contributed by atoms with van der Waals surface area (Å²) in [5, 5.41) is 15.5. The Bertz CT molecular complexity index is 693. The van der Waals surface area contributed by atoms with Gasteiger partial charge < -0.3 is 10.4 Å². The number of carbonyl (C=O) groups is 1. The molecule has 0 aliphatic rings. The van der Waals surface area contributed by atoms with Gasteiger partial charge in [0.2, 0.25) is 0 Å². The molecule has 5 heteroatoms. The van der Waals surface area contributed by atoms with E-state index in [0.29, 0.717) is 16.8 Å². The van der Waals surface area contributed by atoms with Crippen LogP contribution in [0.2, 0.25) is 0 Å². The summed E-state index contributed by atoms with van der Waals surface area (Å²) in [6.07, 6.45) is 3.29. The van der Waals surface area contributed by atoms with Gasteiger partial charge in [-0.05, 0) is 24.6 Å². The van der Waals surface area contributed by atoms with E-state index in [4.69, 9.17) is 5.11 Å². The van der Waals surface area contributed by atoms with E-state index >= 15 is 0 Å². The smallest absolute Gasteiger partial charge is 0.257 e. The molecule has 5 nitrogen and oxygen atoms in total. The molecule has 0 radical (unpaired) electrons. The molecule has 0 saturated heterocycles. The van der Waals surface area contributed by atoms with Crippen molar-refractivity contribution in [2.75, 3.05) is 11.9 Å². The summed E-state index contributed by atoms with van der Waals surface area (Å²) in [6.45, 7) is 1.69. The third kappa shape index (κ3) is 3.25.